The second-order valence-corrected chi connectivity index (χ2v) is 4.30. The summed E-state index contributed by atoms with van der Waals surface area (Å²) >= 11 is 0. The van der Waals surface area contributed by atoms with Crippen LogP contribution in [0.25, 0.3) is 0 Å². The van der Waals surface area contributed by atoms with Gasteiger partial charge in [0, 0.05) is 6.61 Å². The molecule has 0 N–H and O–H groups in total. The molecule has 0 aliphatic carbocycles. The molecule has 0 aromatic heterocycles. The Morgan fingerprint density at radius 2 is 1.93 bits per heavy atom. The first-order valence-electron chi connectivity index (χ1n) is 5.83. The van der Waals surface area contributed by atoms with Gasteiger partial charge in [-0.05, 0) is 31.3 Å². The van der Waals surface area contributed by atoms with Crippen LogP contribution in [0.15, 0.2) is 12.7 Å². The van der Waals surface area contributed by atoms with Crippen LogP contribution < -0.4 is 0 Å². The summed E-state index contributed by atoms with van der Waals surface area (Å²) in [6, 6.07) is 0. The van der Waals surface area contributed by atoms with E-state index in [9.17, 15) is 4.79 Å². The largest absolute Gasteiger partial charge is 0.367 e. The summed E-state index contributed by atoms with van der Waals surface area (Å²) in [5.74, 6) is 0.617. The Balaban J connectivity index is 4.37. The van der Waals surface area contributed by atoms with Crippen LogP contribution >= 0.6 is 0 Å². The number of carbonyl (C=O) groups is 1. The minimum atomic E-state index is -0.628. The summed E-state index contributed by atoms with van der Waals surface area (Å²) in [6.45, 7) is 12.5. The van der Waals surface area contributed by atoms with Crippen LogP contribution in [0.5, 0.6) is 0 Å². The SMILES string of the molecule is C=CC(=O)C(CC)(CC)OCCC(C)C. The normalized spacial score (nSPS) is 11.8. The zero-order chi connectivity index (χ0) is 11.9. The standard InChI is InChI=1S/C13H24O2/c1-6-12(14)13(7-2,8-3)15-10-9-11(4)5/h6,11H,1,7-10H2,2-5H3. The minimum Gasteiger partial charge on any atom is -0.367 e. The molecule has 0 rings (SSSR count). The molecule has 0 heterocycles. The smallest absolute Gasteiger partial charge is 0.186 e. The summed E-state index contributed by atoms with van der Waals surface area (Å²) in [4.78, 5) is 11.7. The molecule has 0 radical (unpaired) electrons. The van der Waals surface area contributed by atoms with Gasteiger partial charge in [0.15, 0.2) is 5.78 Å². The van der Waals surface area contributed by atoms with Crippen LogP contribution in [-0.2, 0) is 9.53 Å². The molecule has 15 heavy (non-hydrogen) atoms. The zero-order valence-electron chi connectivity index (χ0n) is 10.5. The maximum Gasteiger partial charge on any atom is 0.186 e. The molecule has 2 heteroatoms. The molecular weight excluding hydrogens is 188 g/mol. The van der Waals surface area contributed by atoms with Crippen molar-refractivity contribution < 1.29 is 9.53 Å². The van der Waals surface area contributed by atoms with Crippen molar-refractivity contribution in [2.45, 2.75) is 52.6 Å². The fourth-order valence-electron chi connectivity index (χ4n) is 1.55. The number of hydrogen-bond acceptors (Lipinski definition) is 2. The van der Waals surface area contributed by atoms with Crippen LogP contribution in [0.3, 0.4) is 0 Å². The molecule has 0 atom stereocenters. The Hall–Kier alpha value is -0.630. The fraction of sp³-hybridized carbons (Fsp3) is 0.769. The van der Waals surface area contributed by atoms with Gasteiger partial charge in [-0.2, -0.15) is 0 Å². The van der Waals surface area contributed by atoms with E-state index >= 15 is 0 Å². The number of carbonyl (C=O) groups excluding carboxylic acids is 1. The number of ketones is 1. The van der Waals surface area contributed by atoms with Gasteiger partial charge in [-0.1, -0.05) is 34.3 Å². The van der Waals surface area contributed by atoms with Crippen molar-refractivity contribution in [3.05, 3.63) is 12.7 Å². The molecule has 0 saturated carbocycles. The predicted octanol–water partition coefficient (Wildman–Crippen LogP) is 3.36. The van der Waals surface area contributed by atoms with E-state index in [1.807, 2.05) is 13.8 Å². The molecule has 0 amide bonds. The maximum atomic E-state index is 11.7. The molecular formula is C13H24O2. The van der Waals surface area contributed by atoms with Gasteiger partial charge in [0.2, 0.25) is 0 Å². The van der Waals surface area contributed by atoms with Gasteiger partial charge in [0.25, 0.3) is 0 Å². The van der Waals surface area contributed by atoms with Crippen molar-refractivity contribution in [3.63, 3.8) is 0 Å². The molecule has 0 aromatic carbocycles. The molecule has 0 fully saturated rings. The molecule has 88 valence electrons. The number of ether oxygens (including phenoxy) is 1. The van der Waals surface area contributed by atoms with E-state index in [0.717, 1.165) is 6.42 Å². The summed E-state index contributed by atoms with van der Waals surface area (Å²) in [6.07, 6.45) is 3.80. The lowest BCUT2D eigenvalue weighted by molar-refractivity contribution is -0.141. The highest BCUT2D eigenvalue weighted by Crippen LogP contribution is 2.23. The first-order valence-corrected chi connectivity index (χ1v) is 5.83. The summed E-state index contributed by atoms with van der Waals surface area (Å²) < 4.78 is 5.77. The van der Waals surface area contributed by atoms with Crippen molar-refractivity contribution in [1.29, 1.82) is 0 Å². The second-order valence-electron chi connectivity index (χ2n) is 4.30. The Morgan fingerprint density at radius 1 is 1.40 bits per heavy atom. The fourth-order valence-corrected chi connectivity index (χ4v) is 1.55. The van der Waals surface area contributed by atoms with Gasteiger partial charge in [-0.3, -0.25) is 4.79 Å². The van der Waals surface area contributed by atoms with Crippen molar-refractivity contribution in [2.75, 3.05) is 6.61 Å². The van der Waals surface area contributed by atoms with Gasteiger partial charge in [0.05, 0.1) is 0 Å². The van der Waals surface area contributed by atoms with E-state index in [1.165, 1.54) is 6.08 Å². The lowest BCUT2D eigenvalue weighted by atomic mass is 9.91. The van der Waals surface area contributed by atoms with Gasteiger partial charge in [-0.25, -0.2) is 0 Å². The van der Waals surface area contributed by atoms with Crippen LogP contribution in [0, 0.1) is 5.92 Å². The molecule has 0 spiro atoms. The van der Waals surface area contributed by atoms with Crippen LogP contribution in [0.4, 0.5) is 0 Å². The quantitative estimate of drug-likeness (QED) is 0.577. The second kappa shape index (κ2) is 6.78. The molecule has 0 aromatic rings. The van der Waals surface area contributed by atoms with E-state index < -0.39 is 5.60 Å². The third-order valence-electron chi connectivity index (χ3n) is 2.85. The molecule has 0 aliphatic heterocycles. The van der Waals surface area contributed by atoms with Crippen LogP contribution in [0.2, 0.25) is 0 Å². The van der Waals surface area contributed by atoms with E-state index in [-0.39, 0.29) is 5.78 Å². The zero-order valence-corrected chi connectivity index (χ0v) is 10.5. The van der Waals surface area contributed by atoms with E-state index in [1.54, 1.807) is 0 Å². The molecule has 0 unspecified atom stereocenters. The highest BCUT2D eigenvalue weighted by Gasteiger charge is 2.33. The summed E-state index contributed by atoms with van der Waals surface area (Å²) in [5.41, 5.74) is -0.628. The van der Waals surface area contributed by atoms with Gasteiger partial charge in [-0.15, -0.1) is 0 Å². The summed E-state index contributed by atoms with van der Waals surface area (Å²) in [7, 11) is 0. The Kier molecular flexibility index (Phi) is 6.50. The van der Waals surface area contributed by atoms with Crippen LogP contribution in [0.1, 0.15) is 47.0 Å². The first kappa shape index (κ1) is 14.4. The van der Waals surface area contributed by atoms with Gasteiger partial charge < -0.3 is 4.74 Å². The monoisotopic (exact) mass is 212 g/mol. The van der Waals surface area contributed by atoms with Crippen molar-refractivity contribution in [1.82, 2.24) is 0 Å². The molecule has 0 bridgehead atoms. The highest BCUT2D eigenvalue weighted by atomic mass is 16.5. The predicted molar refractivity (Wildman–Crippen MR) is 63.9 cm³/mol. The Labute approximate surface area is 93.7 Å². The van der Waals surface area contributed by atoms with E-state index in [0.29, 0.717) is 25.4 Å². The lowest BCUT2D eigenvalue weighted by Gasteiger charge is -2.29. The van der Waals surface area contributed by atoms with Gasteiger partial charge in [0.1, 0.15) is 5.60 Å². The minimum absolute atomic E-state index is 0.0104. The topological polar surface area (TPSA) is 26.3 Å². The van der Waals surface area contributed by atoms with Crippen molar-refractivity contribution in [3.8, 4) is 0 Å². The van der Waals surface area contributed by atoms with Gasteiger partial charge >= 0.3 is 0 Å². The van der Waals surface area contributed by atoms with E-state index in [4.69, 9.17) is 4.74 Å². The Morgan fingerprint density at radius 3 is 2.27 bits per heavy atom. The van der Waals surface area contributed by atoms with Crippen molar-refractivity contribution >= 4 is 5.78 Å². The number of rotatable bonds is 8. The number of hydrogen-bond donors (Lipinski definition) is 0. The maximum absolute atomic E-state index is 11.7. The summed E-state index contributed by atoms with van der Waals surface area (Å²) in [5, 5.41) is 0. The first-order chi connectivity index (χ1) is 7.02. The molecule has 0 aliphatic rings. The van der Waals surface area contributed by atoms with Crippen LogP contribution in [-0.4, -0.2) is 18.0 Å². The highest BCUT2D eigenvalue weighted by molar-refractivity contribution is 5.96. The third-order valence-corrected chi connectivity index (χ3v) is 2.85. The average Bonchev–Trinajstić information content (AvgIpc) is 2.23. The van der Waals surface area contributed by atoms with Crippen molar-refractivity contribution in [2.24, 2.45) is 5.92 Å². The lowest BCUT2D eigenvalue weighted by Crippen LogP contribution is -2.39. The molecule has 2 nitrogen and oxygen atoms in total. The third kappa shape index (κ3) is 4.17. The average molecular weight is 212 g/mol. The Bertz CT molecular complexity index is 203. The van der Waals surface area contributed by atoms with E-state index in [2.05, 4.69) is 20.4 Å². The molecule has 0 saturated heterocycles.